The molecule has 2 aliphatic rings. The Labute approximate surface area is 171 Å². The largest absolute Gasteiger partial charge is 0.342 e. The standard InChI is InChI=1S/C23H26N4O2/c1-14(2)27-23(20(29)10-17-12-26(13-17)15(3)28)21(18-8-9-18)22(25-27)19-6-4-16(11-24)5-7-19/h4-7,14,17-18H,8-10,12-13H2,1-3H3. The van der Waals surface area contributed by atoms with Crippen LogP contribution in [0.15, 0.2) is 24.3 Å². The molecule has 0 radical (unpaired) electrons. The minimum absolute atomic E-state index is 0.0719. The van der Waals surface area contributed by atoms with Crippen molar-refractivity contribution in [2.24, 2.45) is 5.92 Å². The van der Waals surface area contributed by atoms with Gasteiger partial charge in [-0.15, -0.1) is 0 Å². The van der Waals surface area contributed by atoms with Crippen molar-refractivity contribution in [1.29, 1.82) is 5.26 Å². The van der Waals surface area contributed by atoms with E-state index in [1.54, 1.807) is 24.0 Å². The average molecular weight is 390 g/mol. The molecule has 1 aromatic carbocycles. The number of carbonyl (C=O) groups is 2. The molecule has 29 heavy (non-hydrogen) atoms. The van der Waals surface area contributed by atoms with E-state index in [4.69, 9.17) is 10.4 Å². The second kappa shape index (κ2) is 7.47. The van der Waals surface area contributed by atoms with E-state index in [2.05, 4.69) is 6.07 Å². The van der Waals surface area contributed by atoms with Gasteiger partial charge in [-0.3, -0.25) is 14.3 Å². The molecule has 1 saturated carbocycles. The monoisotopic (exact) mass is 390 g/mol. The number of ketones is 1. The van der Waals surface area contributed by atoms with Gasteiger partial charge in [0.15, 0.2) is 5.78 Å². The van der Waals surface area contributed by atoms with Crippen LogP contribution in [-0.2, 0) is 4.79 Å². The summed E-state index contributed by atoms with van der Waals surface area (Å²) in [7, 11) is 0. The van der Waals surface area contributed by atoms with Crippen LogP contribution in [0.25, 0.3) is 11.3 Å². The van der Waals surface area contributed by atoms with Gasteiger partial charge in [0.2, 0.25) is 5.91 Å². The van der Waals surface area contributed by atoms with E-state index < -0.39 is 0 Å². The SMILES string of the molecule is CC(=O)N1CC(CC(=O)c2c(C3CC3)c(-c3ccc(C#N)cc3)nn2C(C)C)C1. The van der Waals surface area contributed by atoms with Gasteiger partial charge >= 0.3 is 0 Å². The van der Waals surface area contributed by atoms with Crippen molar-refractivity contribution in [3.63, 3.8) is 0 Å². The number of rotatable bonds is 6. The number of aromatic nitrogens is 2. The van der Waals surface area contributed by atoms with Crippen molar-refractivity contribution >= 4 is 11.7 Å². The predicted octanol–water partition coefficient (Wildman–Crippen LogP) is 3.93. The lowest BCUT2D eigenvalue weighted by molar-refractivity contribution is -0.134. The van der Waals surface area contributed by atoms with E-state index >= 15 is 0 Å². The maximum atomic E-state index is 13.3. The molecule has 150 valence electrons. The van der Waals surface area contributed by atoms with Crippen molar-refractivity contribution in [2.75, 3.05) is 13.1 Å². The van der Waals surface area contributed by atoms with Gasteiger partial charge in [0.05, 0.1) is 17.3 Å². The Hall–Kier alpha value is -2.94. The molecule has 0 spiro atoms. The van der Waals surface area contributed by atoms with Crippen molar-refractivity contribution in [3.05, 3.63) is 41.1 Å². The van der Waals surface area contributed by atoms with Crippen LogP contribution in [-0.4, -0.2) is 39.5 Å². The Kier molecular flexibility index (Phi) is 4.99. The Morgan fingerprint density at radius 2 is 1.86 bits per heavy atom. The molecule has 1 aliphatic heterocycles. The molecule has 1 aliphatic carbocycles. The highest BCUT2D eigenvalue weighted by molar-refractivity contribution is 5.98. The zero-order chi connectivity index (χ0) is 20.7. The van der Waals surface area contributed by atoms with E-state index in [0.29, 0.717) is 31.0 Å². The van der Waals surface area contributed by atoms with E-state index in [1.165, 1.54) is 0 Å². The Bertz CT molecular complexity index is 987. The number of carbonyl (C=O) groups excluding carboxylic acids is 2. The summed E-state index contributed by atoms with van der Waals surface area (Å²) in [6, 6.07) is 9.66. The van der Waals surface area contributed by atoms with Gasteiger partial charge in [-0.1, -0.05) is 12.1 Å². The van der Waals surface area contributed by atoms with E-state index in [9.17, 15) is 9.59 Å². The molecule has 0 unspecified atom stereocenters. The van der Waals surface area contributed by atoms with Gasteiger partial charge in [0.25, 0.3) is 0 Å². The van der Waals surface area contributed by atoms with Crippen LogP contribution in [0.4, 0.5) is 0 Å². The first-order valence-corrected chi connectivity index (χ1v) is 10.3. The lowest BCUT2D eigenvalue weighted by Crippen LogP contribution is -2.49. The first-order valence-electron chi connectivity index (χ1n) is 10.3. The summed E-state index contributed by atoms with van der Waals surface area (Å²) in [5.41, 5.74) is 4.24. The number of hydrogen-bond acceptors (Lipinski definition) is 4. The molecular weight excluding hydrogens is 364 g/mol. The molecular formula is C23H26N4O2. The second-order valence-corrected chi connectivity index (χ2v) is 8.53. The molecule has 2 aromatic rings. The van der Waals surface area contributed by atoms with Crippen LogP contribution >= 0.6 is 0 Å². The molecule has 1 aromatic heterocycles. The molecule has 0 bridgehead atoms. The van der Waals surface area contributed by atoms with Gasteiger partial charge in [-0.25, -0.2) is 0 Å². The fourth-order valence-electron chi connectivity index (χ4n) is 4.09. The van der Waals surface area contributed by atoms with Crippen LogP contribution in [0.1, 0.15) is 73.6 Å². The van der Waals surface area contributed by atoms with E-state index in [1.807, 2.05) is 30.7 Å². The normalized spacial score (nSPS) is 16.6. The number of Topliss-reactive ketones (excluding diaryl/α,β-unsaturated/α-hetero) is 1. The molecule has 1 saturated heterocycles. The third kappa shape index (κ3) is 3.69. The number of amides is 1. The zero-order valence-corrected chi connectivity index (χ0v) is 17.2. The van der Waals surface area contributed by atoms with Crippen LogP contribution in [0, 0.1) is 17.2 Å². The quantitative estimate of drug-likeness (QED) is 0.700. The van der Waals surface area contributed by atoms with Gasteiger partial charge in [0, 0.05) is 49.5 Å². The summed E-state index contributed by atoms with van der Waals surface area (Å²) in [4.78, 5) is 26.6. The fourth-order valence-corrected chi connectivity index (χ4v) is 4.09. The molecule has 6 nitrogen and oxygen atoms in total. The van der Waals surface area contributed by atoms with Gasteiger partial charge < -0.3 is 4.90 Å². The minimum atomic E-state index is 0.0719. The summed E-state index contributed by atoms with van der Waals surface area (Å²) >= 11 is 0. The highest BCUT2D eigenvalue weighted by atomic mass is 16.2. The van der Waals surface area contributed by atoms with Crippen LogP contribution in [0.2, 0.25) is 0 Å². The van der Waals surface area contributed by atoms with Crippen LogP contribution in [0.3, 0.4) is 0 Å². The van der Waals surface area contributed by atoms with Crippen LogP contribution in [0.5, 0.6) is 0 Å². The highest BCUT2D eigenvalue weighted by Crippen LogP contribution is 2.47. The Morgan fingerprint density at radius 3 is 2.38 bits per heavy atom. The summed E-state index contributed by atoms with van der Waals surface area (Å²) in [5, 5.41) is 13.9. The molecule has 4 rings (SSSR count). The number of hydrogen-bond donors (Lipinski definition) is 0. The summed E-state index contributed by atoms with van der Waals surface area (Å²) in [6.45, 7) is 6.99. The van der Waals surface area contributed by atoms with Gasteiger partial charge in [-0.05, 0) is 44.7 Å². The third-order valence-electron chi connectivity index (χ3n) is 5.85. The number of nitrogens with zero attached hydrogens (tertiary/aromatic N) is 4. The minimum Gasteiger partial charge on any atom is -0.342 e. The van der Waals surface area contributed by atoms with Crippen molar-refractivity contribution < 1.29 is 9.59 Å². The van der Waals surface area contributed by atoms with E-state index in [-0.39, 0.29) is 23.7 Å². The molecule has 0 N–H and O–H groups in total. The lowest BCUT2D eigenvalue weighted by Gasteiger charge is -2.38. The van der Waals surface area contributed by atoms with Gasteiger partial charge in [-0.2, -0.15) is 10.4 Å². The number of nitriles is 1. The summed E-state index contributed by atoms with van der Waals surface area (Å²) in [5.74, 6) is 0.804. The van der Waals surface area contributed by atoms with Gasteiger partial charge in [0.1, 0.15) is 5.69 Å². The molecule has 2 fully saturated rings. The third-order valence-corrected chi connectivity index (χ3v) is 5.85. The smallest absolute Gasteiger partial charge is 0.219 e. The number of benzene rings is 1. The van der Waals surface area contributed by atoms with Crippen molar-refractivity contribution in [3.8, 4) is 17.3 Å². The topological polar surface area (TPSA) is 79.0 Å². The maximum Gasteiger partial charge on any atom is 0.219 e. The highest BCUT2D eigenvalue weighted by Gasteiger charge is 2.38. The molecule has 2 heterocycles. The second-order valence-electron chi connectivity index (χ2n) is 8.53. The first-order chi connectivity index (χ1) is 13.9. The van der Waals surface area contributed by atoms with Crippen LogP contribution < -0.4 is 0 Å². The number of likely N-dealkylation sites (tertiary alicyclic amines) is 1. The summed E-state index contributed by atoms with van der Waals surface area (Å²) < 4.78 is 1.88. The molecule has 6 heteroatoms. The Morgan fingerprint density at radius 1 is 1.21 bits per heavy atom. The molecule has 1 amide bonds. The summed E-state index contributed by atoms with van der Waals surface area (Å²) in [6.07, 6.45) is 2.61. The Balaban J connectivity index is 1.69. The predicted molar refractivity (Wildman–Crippen MR) is 109 cm³/mol. The fraction of sp³-hybridized carbons (Fsp3) is 0.478. The van der Waals surface area contributed by atoms with E-state index in [0.717, 1.165) is 35.4 Å². The van der Waals surface area contributed by atoms with Crippen molar-refractivity contribution in [2.45, 2.75) is 52.0 Å². The van der Waals surface area contributed by atoms with Crippen molar-refractivity contribution in [1.82, 2.24) is 14.7 Å². The maximum absolute atomic E-state index is 13.3. The lowest BCUT2D eigenvalue weighted by atomic mass is 9.90. The first kappa shape index (κ1) is 19.4. The average Bonchev–Trinajstić information content (AvgIpc) is 3.42. The zero-order valence-electron chi connectivity index (χ0n) is 17.2. The molecule has 0 atom stereocenters.